The Hall–Kier alpha value is -1.61. The lowest BCUT2D eigenvalue weighted by molar-refractivity contribution is 0.0940. The maximum atomic E-state index is 14.0. The van der Waals surface area contributed by atoms with E-state index in [-0.39, 0.29) is 16.6 Å². The van der Waals surface area contributed by atoms with E-state index in [4.69, 9.17) is 0 Å². The van der Waals surface area contributed by atoms with Crippen LogP contribution < -0.4 is 0 Å². The summed E-state index contributed by atoms with van der Waals surface area (Å²) in [6.45, 7) is 13.5. The average Bonchev–Trinajstić information content (AvgIpc) is 3.21. The van der Waals surface area contributed by atoms with Crippen molar-refractivity contribution in [3.8, 4) is 0 Å². The maximum absolute atomic E-state index is 14.0. The fraction of sp³-hybridized carbons (Fsp3) is 0.636. The van der Waals surface area contributed by atoms with Crippen LogP contribution in [-0.4, -0.2) is 13.7 Å². The predicted molar refractivity (Wildman–Crippen MR) is 153 cm³/mol. The molecule has 3 fully saturated rings. The summed E-state index contributed by atoms with van der Waals surface area (Å²) in [5.41, 5.74) is 4.57. The molecular weight excluding hydrogens is 460 g/mol. The number of hydrogen-bond acceptors (Lipinski definition) is 2. The van der Waals surface area contributed by atoms with Gasteiger partial charge in [-0.3, -0.25) is 0 Å². The molecule has 1 aromatic carbocycles. The zero-order valence-electron chi connectivity index (χ0n) is 23.1. The van der Waals surface area contributed by atoms with Crippen molar-refractivity contribution in [1.29, 1.82) is 0 Å². The average molecular weight is 509 g/mol. The summed E-state index contributed by atoms with van der Waals surface area (Å²) in [4.78, 5) is 0.494. The van der Waals surface area contributed by atoms with Gasteiger partial charge in [-0.25, -0.2) is 8.42 Å². The van der Waals surface area contributed by atoms with Gasteiger partial charge >= 0.3 is 0 Å². The van der Waals surface area contributed by atoms with Crippen LogP contribution in [0.4, 0.5) is 0 Å². The molecule has 0 radical (unpaired) electrons. The number of sulfone groups is 1. The number of fused-ring (bicyclic) bond motifs is 1. The van der Waals surface area contributed by atoms with Crippen molar-refractivity contribution in [3.63, 3.8) is 0 Å². The highest BCUT2D eigenvalue weighted by Crippen LogP contribution is 2.60. The molecule has 4 rings (SSSR count). The zero-order chi connectivity index (χ0) is 25.9. The monoisotopic (exact) mass is 508 g/mol. The number of allylic oxidation sites excluding steroid dienone is 5. The van der Waals surface area contributed by atoms with Crippen LogP contribution in [0.3, 0.4) is 0 Å². The first-order chi connectivity index (χ1) is 17.1. The third-order valence-corrected chi connectivity index (χ3v) is 12.3. The summed E-state index contributed by atoms with van der Waals surface area (Å²) < 4.78 is 27.9. The summed E-state index contributed by atoms with van der Waals surface area (Å²) >= 11 is 0. The van der Waals surface area contributed by atoms with Crippen molar-refractivity contribution >= 4 is 9.84 Å². The second kappa shape index (κ2) is 11.4. The predicted octanol–water partition coefficient (Wildman–Crippen LogP) is 9.10. The van der Waals surface area contributed by atoms with Crippen LogP contribution in [-0.2, 0) is 9.84 Å². The lowest BCUT2D eigenvalue weighted by Gasteiger charge is -2.45. The van der Waals surface area contributed by atoms with Crippen molar-refractivity contribution in [1.82, 2.24) is 0 Å². The Bertz CT molecular complexity index is 1080. The molecule has 3 saturated carbocycles. The molecule has 0 N–H and O–H groups in total. The van der Waals surface area contributed by atoms with E-state index in [9.17, 15) is 8.42 Å². The summed E-state index contributed by atoms with van der Waals surface area (Å²) in [6, 6.07) is 9.20. The topological polar surface area (TPSA) is 34.1 Å². The molecule has 0 bridgehead atoms. The zero-order valence-corrected chi connectivity index (χ0v) is 24.0. The van der Waals surface area contributed by atoms with Crippen LogP contribution >= 0.6 is 0 Å². The minimum absolute atomic E-state index is 0.153. The van der Waals surface area contributed by atoms with E-state index >= 15 is 0 Å². The quantitative estimate of drug-likeness (QED) is 0.351. The van der Waals surface area contributed by atoms with Gasteiger partial charge in [0.25, 0.3) is 0 Å². The molecule has 198 valence electrons. The molecule has 0 aliphatic heterocycles. The molecule has 5 atom stereocenters. The van der Waals surface area contributed by atoms with E-state index in [0.29, 0.717) is 22.6 Å². The molecule has 0 aromatic heterocycles. The van der Waals surface area contributed by atoms with Gasteiger partial charge in [-0.05, 0) is 117 Å². The third-order valence-electron chi connectivity index (χ3n) is 9.89. The van der Waals surface area contributed by atoms with Crippen LogP contribution in [0.1, 0.15) is 98.3 Å². The Morgan fingerprint density at radius 3 is 2.39 bits per heavy atom. The summed E-state index contributed by atoms with van der Waals surface area (Å²) in [5.74, 6) is 1.68. The van der Waals surface area contributed by atoms with Gasteiger partial charge in [0.05, 0.1) is 10.1 Å². The number of rotatable bonds is 8. The normalized spacial score (nSPS) is 31.1. The molecule has 0 saturated heterocycles. The van der Waals surface area contributed by atoms with Gasteiger partial charge in [-0.1, -0.05) is 75.8 Å². The van der Waals surface area contributed by atoms with E-state index in [1.165, 1.54) is 56.1 Å². The van der Waals surface area contributed by atoms with Gasteiger partial charge in [0.1, 0.15) is 0 Å². The second-order valence-electron chi connectivity index (χ2n) is 12.6. The Morgan fingerprint density at radius 1 is 0.972 bits per heavy atom. The second-order valence-corrected chi connectivity index (χ2v) is 14.7. The third kappa shape index (κ3) is 5.62. The SMILES string of the molecule is C=C1CCCCC1=CC=C1CCC[C@]2(C)[C@@H]([C@H](C)C(CCC(C)C)S(=O)(=O)c3ccccc3)CC[C@@H]12. The van der Waals surface area contributed by atoms with Gasteiger partial charge in [0.15, 0.2) is 9.84 Å². The van der Waals surface area contributed by atoms with Crippen LogP contribution in [0.2, 0.25) is 0 Å². The first kappa shape index (κ1) is 27.4. The first-order valence-corrected chi connectivity index (χ1v) is 16.1. The molecular formula is C33H48O2S. The summed E-state index contributed by atoms with van der Waals surface area (Å²) in [6.07, 6.45) is 17.4. The molecule has 0 heterocycles. The summed E-state index contributed by atoms with van der Waals surface area (Å²) in [5, 5.41) is -0.315. The highest BCUT2D eigenvalue weighted by atomic mass is 32.2. The standard InChI is InChI=1S/C33H48O2S/c1-24(2)17-22-32(36(34,35)29-15-7-6-8-16-29)26(4)30-20-21-31-28(14-11-23-33(30,31)5)19-18-27-13-10-9-12-25(27)3/h6-8,15-16,18-19,24,26,30-32H,3,9-14,17,20-23H2,1-2,4-5H3/t26-,30+,31-,32?,33+/m0/s1. The lowest BCUT2D eigenvalue weighted by Crippen LogP contribution is -2.41. The van der Waals surface area contributed by atoms with E-state index in [1.54, 1.807) is 17.7 Å². The Kier molecular flexibility index (Phi) is 8.70. The molecule has 1 unspecified atom stereocenters. The minimum Gasteiger partial charge on any atom is -0.223 e. The van der Waals surface area contributed by atoms with Gasteiger partial charge in [0, 0.05) is 0 Å². The smallest absolute Gasteiger partial charge is 0.181 e. The first-order valence-electron chi connectivity index (χ1n) is 14.5. The fourth-order valence-corrected chi connectivity index (χ4v) is 9.87. The molecule has 3 aliphatic rings. The Morgan fingerprint density at radius 2 is 1.69 bits per heavy atom. The van der Waals surface area contributed by atoms with Crippen LogP contribution in [0.5, 0.6) is 0 Å². The van der Waals surface area contributed by atoms with Crippen molar-refractivity contribution in [2.45, 2.75) is 108 Å². The largest absolute Gasteiger partial charge is 0.223 e. The minimum atomic E-state index is -3.38. The van der Waals surface area contributed by atoms with Crippen LogP contribution in [0, 0.1) is 29.1 Å². The van der Waals surface area contributed by atoms with Crippen molar-refractivity contribution < 1.29 is 8.42 Å². The molecule has 3 heteroatoms. The van der Waals surface area contributed by atoms with E-state index in [0.717, 1.165) is 25.7 Å². The highest BCUT2D eigenvalue weighted by Gasteiger charge is 2.53. The van der Waals surface area contributed by atoms with Crippen LogP contribution in [0.15, 0.2) is 70.7 Å². The fourth-order valence-electron chi connectivity index (χ4n) is 7.79. The van der Waals surface area contributed by atoms with Crippen molar-refractivity contribution in [2.75, 3.05) is 0 Å². The Labute approximate surface area is 221 Å². The molecule has 0 amide bonds. The number of benzene rings is 1. The summed E-state index contributed by atoms with van der Waals surface area (Å²) in [7, 11) is -3.38. The van der Waals surface area contributed by atoms with E-state index in [2.05, 4.69) is 46.4 Å². The van der Waals surface area contributed by atoms with Gasteiger partial charge in [-0.15, -0.1) is 0 Å². The Balaban J connectivity index is 1.61. The highest BCUT2D eigenvalue weighted by molar-refractivity contribution is 7.92. The van der Waals surface area contributed by atoms with Crippen molar-refractivity contribution in [2.24, 2.45) is 29.1 Å². The molecule has 3 aliphatic carbocycles. The van der Waals surface area contributed by atoms with E-state index in [1.807, 2.05) is 18.2 Å². The van der Waals surface area contributed by atoms with E-state index < -0.39 is 9.84 Å². The van der Waals surface area contributed by atoms with Crippen molar-refractivity contribution in [3.05, 3.63) is 65.8 Å². The lowest BCUT2D eigenvalue weighted by atomic mass is 9.60. The van der Waals surface area contributed by atoms with Crippen LogP contribution in [0.25, 0.3) is 0 Å². The van der Waals surface area contributed by atoms with Gasteiger partial charge in [-0.2, -0.15) is 0 Å². The van der Waals surface area contributed by atoms with Gasteiger partial charge in [0.2, 0.25) is 0 Å². The molecule has 1 aromatic rings. The number of hydrogen-bond donors (Lipinski definition) is 0. The van der Waals surface area contributed by atoms with Gasteiger partial charge < -0.3 is 0 Å². The molecule has 2 nitrogen and oxygen atoms in total. The molecule has 0 spiro atoms. The molecule has 36 heavy (non-hydrogen) atoms. The maximum Gasteiger partial charge on any atom is 0.181 e.